The minimum atomic E-state index is -0.731. The van der Waals surface area contributed by atoms with Crippen LogP contribution < -0.4 is 0 Å². The van der Waals surface area contributed by atoms with Crippen LogP contribution in [0.2, 0.25) is 0 Å². The molecule has 0 saturated carbocycles. The zero-order valence-electron chi connectivity index (χ0n) is 11.1. The van der Waals surface area contributed by atoms with Crippen LogP contribution in [0.1, 0.15) is 51.4 Å². The first kappa shape index (κ1) is 17.8. The molecule has 1 unspecified atom stereocenters. The fourth-order valence-electron chi connectivity index (χ4n) is 1.68. The van der Waals surface area contributed by atoms with E-state index in [9.17, 15) is 9.59 Å². The maximum Gasteiger partial charge on any atom is 0.303 e. The van der Waals surface area contributed by atoms with Crippen molar-refractivity contribution in [3.05, 3.63) is 0 Å². The molecule has 0 aliphatic rings. The van der Waals surface area contributed by atoms with Crippen molar-refractivity contribution < 1.29 is 14.7 Å². The summed E-state index contributed by atoms with van der Waals surface area (Å²) >= 11 is 6.17. The maximum absolute atomic E-state index is 11.4. The second-order valence-electron chi connectivity index (χ2n) is 4.47. The minimum absolute atomic E-state index is 0.244. The van der Waals surface area contributed by atoms with Gasteiger partial charge in [0.25, 0.3) is 0 Å². The van der Waals surface area contributed by atoms with Crippen LogP contribution in [0.15, 0.2) is 0 Å². The molecule has 0 amide bonds. The fraction of sp³-hybridized carbons (Fsp3) is 0.846. The SMILES string of the molecule is CSCCC(=O)CCCC(S)CCCCC(=O)O. The predicted molar refractivity (Wildman–Crippen MR) is 80.7 cm³/mol. The van der Waals surface area contributed by atoms with Crippen LogP contribution in [0.3, 0.4) is 0 Å². The normalized spacial score (nSPS) is 12.3. The van der Waals surface area contributed by atoms with Crippen LogP contribution in [0.25, 0.3) is 0 Å². The summed E-state index contributed by atoms with van der Waals surface area (Å²) in [5, 5.41) is 8.79. The third-order valence-corrected chi connectivity index (χ3v) is 3.88. The van der Waals surface area contributed by atoms with E-state index in [1.165, 1.54) is 0 Å². The highest BCUT2D eigenvalue weighted by molar-refractivity contribution is 7.98. The van der Waals surface area contributed by atoms with E-state index < -0.39 is 5.97 Å². The molecule has 1 N–H and O–H groups in total. The Hall–Kier alpha value is -0.160. The largest absolute Gasteiger partial charge is 0.481 e. The molecular formula is C13H24O3S2. The number of hydrogen-bond acceptors (Lipinski definition) is 4. The molecule has 0 rings (SSSR count). The average Bonchev–Trinajstić information content (AvgIpc) is 2.32. The second kappa shape index (κ2) is 11.9. The minimum Gasteiger partial charge on any atom is -0.481 e. The summed E-state index contributed by atoms with van der Waals surface area (Å²) in [5.74, 6) is 0.527. The molecule has 0 aliphatic heterocycles. The van der Waals surface area contributed by atoms with Gasteiger partial charge in [-0.2, -0.15) is 24.4 Å². The zero-order chi connectivity index (χ0) is 13.8. The number of hydrogen-bond donors (Lipinski definition) is 2. The number of carboxylic acids is 1. The number of aliphatic carboxylic acids is 1. The number of rotatable bonds is 12. The fourth-order valence-corrected chi connectivity index (χ4v) is 2.47. The second-order valence-corrected chi connectivity index (χ2v) is 6.18. The molecule has 0 aromatic heterocycles. The molecule has 0 aromatic rings. The van der Waals surface area contributed by atoms with Gasteiger partial charge >= 0.3 is 5.97 Å². The summed E-state index contributed by atoms with van der Waals surface area (Å²) in [7, 11) is 0. The molecule has 3 nitrogen and oxygen atoms in total. The number of carbonyl (C=O) groups is 2. The monoisotopic (exact) mass is 292 g/mol. The van der Waals surface area contributed by atoms with Gasteiger partial charge in [0.05, 0.1) is 0 Å². The highest BCUT2D eigenvalue weighted by Gasteiger charge is 2.06. The summed E-state index contributed by atoms with van der Waals surface area (Å²) in [4.78, 5) is 21.7. The molecule has 106 valence electrons. The van der Waals surface area contributed by atoms with Gasteiger partial charge in [-0.15, -0.1) is 0 Å². The van der Waals surface area contributed by atoms with Gasteiger partial charge in [0, 0.05) is 24.5 Å². The smallest absolute Gasteiger partial charge is 0.303 e. The van der Waals surface area contributed by atoms with Crippen molar-refractivity contribution >= 4 is 36.1 Å². The number of carbonyl (C=O) groups excluding carboxylic acids is 1. The Bertz CT molecular complexity index is 244. The van der Waals surface area contributed by atoms with Crippen molar-refractivity contribution in [3.63, 3.8) is 0 Å². The Morgan fingerprint density at radius 2 is 1.78 bits per heavy atom. The first-order valence-corrected chi connectivity index (χ1v) is 8.37. The summed E-state index contributed by atoms with van der Waals surface area (Å²) in [6.45, 7) is 0. The molecule has 5 heteroatoms. The van der Waals surface area contributed by atoms with Gasteiger partial charge in [-0.05, 0) is 37.7 Å². The van der Waals surface area contributed by atoms with Crippen molar-refractivity contribution in [2.45, 2.75) is 56.6 Å². The topological polar surface area (TPSA) is 54.4 Å². The first-order valence-electron chi connectivity index (χ1n) is 6.46. The third-order valence-electron chi connectivity index (χ3n) is 2.76. The molecule has 0 saturated heterocycles. The number of unbranched alkanes of at least 4 members (excludes halogenated alkanes) is 1. The molecule has 0 fully saturated rings. The predicted octanol–water partition coefficient (Wildman–Crippen LogP) is 3.42. The van der Waals surface area contributed by atoms with Crippen molar-refractivity contribution in [1.29, 1.82) is 0 Å². The van der Waals surface area contributed by atoms with Crippen LogP contribution in [0.4, 0.5) is 0 Å². The highest BCUT2D eigenvalue weighted by Crippen LogP contribution is 2.15. The first-order chi connectivity index (χ1) is 8.56. The molecular weight excluding hydrogens is 268 g/mol. The number of carboxylic acid groups (broad SMARTS) is 1. The molecule has 0 aliphatic carbocycles. The van der Waals surface area contributed by atoms with Gasteiger partial charge in [0.15, 0.2) is 0 Å². The van der Waals surface area contributed by atoms with E-state index in [1.807, 2.05) is 6.26 Å². The van der Waals surface area contributed by atoms with E-state index in [4.69, 9.17) is 5.11 Å². The van der Waals surface area contributed by atoms with Crippen molar-refractivity contribution in [1.82, 2.24) is 0 Å². The highest BCUT2D eigenvalue weighted by atomic mass is 32.2. The summed E-state index contributed by atoms with van der Waals surface area (Å²) in [6, 6.07) is 0. The van der Waals surface area contributed by atoms with Gasteiger partial charge in [-0.1, -0.05) is 6.42 Å². The number of Topliss-reactive ketones (excluding diaryl/α,β-unsaturated/α-hetero) is 1. The summed E-state index contributed by atoms with van der Waals surface area (Å²) in [5.41, 5.74) is 0. The van der Waals surface area contributed by atoms with Crippen molar-refractivity contribution in [3.8, 4) is 0 Å². The van der Waals surface area contributed by atoms with Crippen LogP contribution in [0.5, 0.6) is 0 Å². The quantitative estimate of drug-likeness (QED) is 0.427. The zero-order valence-corrected chi connectivity index (χ0v) is 12.8. The standard InChI is InChI=1S/C13H24O3S2/c1-18-10-9-11(14)5-4-7-12(17)6-2-3-8-13(15)16/h12,17H,2-10H2,1H3,(H,15,16). The number of ketones is 1. The van der Waals surface area contributed by atoms with E-state index in [-0.39, 0.29) is 6.42 Å². The number of thioether (sulfide) groups is 1. The Morgan fingerprint density at radius 1 is 1.11 bits per heavy atom. The molecule has 0 bridgehead atoms. The molecule has 18 heavy (non-hydrogen) atoms. The van der Waals surface area contributed by atoms with E-state index in [2.05, 4.69) is 12.6 Å². The van der Waals surface area contributed by atoms with Crippen molar-refractivity contribution in [2.75, 3.05) is 12.0 Å². The van der Waals surface area contributed by atoms with Crippen LogP contribution >= 0.6 is 24.4 Å². The van der Waals surface area contributed by atoms with Gasteiger partial charge in [-0.25, -0.2) is 0 Å². The van der Waals surface area contributed by atoms with E-state index >= 15 is 0 Å². The lowest BCUT2D eigenvalue weighted by Gasteiger charge is -2.09. The lowest BCUT2D eigenvalue weighted by atomic mass is 10.1. The van der Waals surface area contributed by atoms with Gasteiger partial charge in [0.2, 0.25) is 0 Å². The van der Waals surface area contributed by atoms with Gasteiger partial charge < -0.3 is 5.11 Å². The molecule has 0 spiro atoms. The Labute approximate surface area is 120 Å². The van der Waals surface area contributed by atoms with E-state index in [1.54, 1.807) is 11.8 Å². The molecule has 0 aromatic carbocycles. The molecule has 0 heterocycles. The van der Waals surface area contributed by atoms with E-state index in [0.29, 0.717) is 23.9 Å². The molecule has 0 radical (unpaired) electrons. The van der Waals surface area contributed by atoms with Crippen LogP contribution in [-0.4, -0.2) is 34.1 Å². The average molecular weight is 292 g/mol. The number of thiol groups is 1. The Balaban J connectivity index is 3.38. The van der Waals surface area contributed by atoms with Gasteiger partial charge in [0.1, 0.15) is 5.78 Å². The third kappa shape index (κ3) is 12.3. The van der Waals surface area contributed by atoms with Crippen LogP contribution in [0, 0.1) is 0 Å². The Morgan fingerprint density at radius 3 is 2.39 bits per heavy atom. The van der Waals surface area contributed by atoms with Crippen LogP contribution in [-0.2, 0) is 9.59 Å². The summed E-state index contributed by atoms with van der Waals surface area (Å²) in [6.07, 6.45) is 8.00. The lowest BCUT2D eigenvalue weighted by molar-refractivity contribution is -0.137. The summed E-state index contributed by atoms with van der Waals surface area (Å²) < 4.78 is 0. The molecule has 1 atom stereocenters. The van der Waals surface area contributed by atoms with E-state index in [0.717, 1.165) is 37.9 Å². The van der Waals surface area contributed by atoms with Crippen molar-refractivity contribution in [2.24, 2.45) is 0 Å². The Kier molecular flexibility index (Phi) is 11.8. The lowest BCUT2D eigenvalue weighted by Crippen LogP contribution is -2.04. The maximum atomic E-state index is 11.4. The van der Waals surface area contributed by atoms with Gasteiger partial charge in [-0.3, -0.25) is 9.59 Å².